The van der Waals surface area contributed by atoms with Gasteiger partial charge in [0.1, 0.15) is 0 Å². The molecule has 2 aliphatic heterocycles. The van der Waals surface area contributed by atoms with Gasteiger partial charge >= 0.3 is 0 Å². The molecule has 1 aromatic carbocycles. The lowest BCUT2D eigenvalue weighted by atomic mass is 10.0. The monoisotopic (exact) mass is 316 g/mol. The lowest BCUT2D eigenvalue weighted by Crippen LogP contribution is -2.37. The van der Waals surface area contributed by atoms with Crippen LogP contribution in [-0.2, 0) is 14.3 Å². The Hall–Kier alpha value is -1.88. The molecular formula is C18H24N2O3. The highest BCUT2D eigenvalue weighted by Crippen LogP contribution is 2.34. The average Bonchev–Trinajstić information content (AvgIpc) is 3.20. The molecule has 0 saturated carbocycles. The third kappa shape index (κ3) is 3.39. The van der Waals surface area contributed by atoms with Gasteiger partial charge in [-0.25, -0.2) is 0 Å². The number of likely N-dealkylation sites (tertiary alicyclic amines) is 2. The maximum atomic E-state index is 12.9. The van der Waals surface area contributed by atoms with Crippen molar-refractivity contribution in [2.24, 2.45) is 5.92 Å². The number of nitrogens with zero attached hydrogens (tertiary/aromatic N) is 2. The van der Waals surface area contributed by atoms with Crippen molar-refractivity contribution in [2.45, 2.75) is 25.3 Å². The molecule has 0 unspecified atom stereocenters. The van der Waals surface area contributed by atoms with Crippen LogP contribution in [0.25, 0.3) is 0 Å². The van der Waals surface area contributed by atoms with E-state index in [4.69, 9.17) is 4.74 Å². The fourth-order valence-corrected chi connectivity index (χ4v) is 3.64. The lowest BCUT2D eigenvalue weighted by Gasteiger charge is -2.27. The zero-order valence-electron chi connectivity index (χ0n) is 13.6. The molecule has 5 nitrogen and oxygen atoms in total. The first kappa shape index (κ1) is 16.0. The van der Waals surface area contributed by atoms with E-state index in [2.05, 4.69) is 12.1 Å². The van der Waals surface area contributed by atoms with Crippen LogP contribution in [-0.4, -0.2) is 55.0 Å². The van der Waals surface area contributed by atoms with E-state index >= 15 is 0 Å². The summed E-state index contributed by atoms with van der Waals surface area (Å²) in [6.45, 7) is 2.41. The van der Waals surface area contributed by atoms with Crippen LogP contribution in [0.4, 0.5) is 0 Å². The number of hydrogen-bond acceptors (Lipinski definition) is 3. The van der Waals surface area contributed by atoms with Crippen molar-refractivity contribution < 1.29 is 14.3 Å². The van der Waals surface area contributed by atoms with Crippen LogP contribution in [0, 0.1) is 5.92 Å². The Morgan fingerprint density at radius 2 is 2.09 bits per heavy atom. The number of methoxy groups -OCH3 is 1. The molecule has 2 fully saturated rings. The Morgan fingerprint density at radius 3 is 2.83 bits per heavy atom. The smallest absolute Gasteiger partial charge is 0.228 e. The van der Waals surface area contributed by atoms with Crippen molar-refractivity contribution >= 4 is 11.8 Å². The van der Waals surface area contributed by atoms with Gasteiger partial charge in [-0.1, -0.05) is 30.3 Å². The lowest BCUT2D eigenvalue weighted by molar-refractivity contribution is -0.136. The maximum absolute atomic E-state index is 12.9. The van der Waals surface area contributed by atoms with Crippen LogP contribution in [0.2, 0.25) is 0 Å². The molecule has 0 spiro atoms. The fourth-order valence-electron chi connectivity index (χ4n) is 3.64. The summed E-state index contributed by atoms with van der Waals surface area (Å²) in [5.41, 5.74) is 1.19. The predicted octanol–water partition coefficient (Wildman–Crippen LogP) is 1.84. The number of benzene rings is 1. The van der Waals surface area contributed by atoms with Gasteiger partial charge in [-0.05, 0) is 18.4 Å². The van der Waals surface area contributed by atoms with Gasteiger partial charge in [0.2, 0.25) is 11.8 Å². The van der Waals surface area contributed by atoms with E-state index in [1.165, 1.54) is 5.56 Å². The number of ether oxygens (including phenoxy) is 1. The third-order valence-electron chi connectivity index (χ3n) is 4.85. The third-order valence-corrected chi connectivity index (χ3v) is 4.85. The molecule has 2 atom stereocenters. The van der Waals surface area contributed by atoms with Crippen molar-refractivity contribution in [3.63, 3.8) is 0 Å². The highest BCUT2D eigenvalue weighted by Gasteiger charge is 2.39. The molecule has 2 amide bonds. The van der Waals surface area contributed by atoms with Gasteiger partial charge in [0.15, 0.2) is 0 Å². The molecule has 1 aromatic rings. The molecule has 124 valence electrons. The molecule has 2 heterocycles. The van der Waals surface area contributed by atoms with Gasteiger partial charge in [0.05, 0.1) is 18.6 Å². The zero-order chi connectivity index (χ0) is 16.2. The van der Waals surface area contributed by atoms with Crippen LogP contribution >= 0.6 is 0 Å². The first-order valence-electron chi connectivity index (χ1n) is 8.33. The van der Waals surface area contributed by atoms with Crippen molar-refractivity contribution in [3.8, 4) is 0 Å². The summed E-state index contributed by atoms with van der Waals surface area (Å²) in [4.78, 5) is 28.7. The largest absolute Gasteiger partial charge is 0.383 e. The average molecular weight is 316 g/mol. The topological polar surface area (TPSA) is 49.9 Å². The van der Waals surface area contributed by atoms with Crippen molar-refractivity contribution in [3.05, 3.63) is 35.9 Å². The molecule has 2 aliphatic rings. The fraction of sp³-hybridized carbons (Fsp3) is 0.556. The van der Waals surface area contributed by atoms with Crippen molar-refractivity contribution in [1.82, 2.24) is 9.80 Å². The summed E-state index contributed by atoms with van der Waals surface area (Å²) in [7, 11) is 1.62. The van der Waals surface area contributed by atoms with Gasteiger partial charge in [-0.2, -0.15) is 0 Å². The number of carbonyl (C=O) groups is 2. The highest BCUT2D eigenvalue weighted by molar-refractivity contribution is 5.89. The SMILES string of the molecule is COCCN1C[C@H](C(=O)N2CCC[C@H]2c2ccccc2)CC1=O. The second-order valence-electron chi connectivity index (χ2n) is 6.33. The van der Waals surface area contributed by atoms with E-state index in [-0.39, 0.29) is 23.8 Å². The van der Waals surface area contributed by atoms with Gasteiger partial charge in [0, 0.05) is 33.2 Å². The first-order valence-corrected chi connectivity index (χ1v) is 8.33. The van der Waals surface area contributed by atoms with E-state index in [0.717, 1.165) is 19.4 Å². The van der Waals surface area contributed by atoms with Gasteiger partial charge in [-0.3, -0.25) is 9.59 Å². The van der Waals surface area contributed by atoms with E-state index in [1.807, 2.05) is 23.1 Å². The Balaban J connectivity index is 1.67. The van der Waals surface area contributed by atoms with E-state index in [0.29, 0.717) is 26.1 Å². The van der Waals surface area contributed by atoms with Crippen LogP contribution in [0.3, 0.4) is 0 Å². The van der Waals surface area contributed by atoms with Crippen molar-refractivity contribution in [2.75, 3.05) is 33.4 Å². The Labute approximate surface area is 137 Å². The second-order valence-corrected chi connectivity index (χ2v) is 6.33. The number of hydrogen-bond donors (Lipinski definition) is 0. The van der Waals surface area contributed by atoms with Gasteiger partial charge in [-0.15, -0.1) is 0 Å². The normalized spacial score (nSPS) is 24.5. The summed E-state index contributed by atoms with van der Waals surface area (Å²) < 4.78 is 5.03. The molecule has 0 N–H and O–H groups in total. The minimum atomic E-state index is -0.205. The maximum Gasteiger partial charge on any atom is 0.228 e. The minimum Gasteiger partial charge on any atom is -0.383 e. The van der Waals surface area contributed by atoms with Crippen LogP contribution in [0.5, 0.6) is 0 Å². The minimum absolute atomic E-state index is 0.0656. The Kier molecular flexibility index (Phi) is 4.96. The van der Waals surface area contributed by atoms with Gasteiger partial charge < -0.3 is 14.5 Å². The molecule has 0 aromatic heterocycles. The quantitative estimate of drug-likeness (QED) is 0.833. The molecule has 0 bridgehead atoms. The number of rotatable bonds is 5. The Bertz CT molecular complexity index is 561. The van der Waals surface area contributed by atoms with Gasteiger partial charge in [0.25, 0.3) is 0 Å². The summed E-state index contributed by atoms with van der Waals surface area (Å²) in [6.07, 6.45) is 2.36. The summed E-state index contributed by atoms with van der Waals surface area (Å²) in [5, 5.41) is 0. The molecule has 0 radical (unpaired) electrons. The van der Waals surface area contributed by atoms with E-state index < -0.39 is 0 Å². The van der Waals surface area contributed by atoms with Crippen molar-refractivity contribution in [1.29, 1.82) is 0 Å². The molecule has 23 heavy (non-hydrogen) atoms. The second kappa shape index (κ2) is 7.13. The zero-order valence-corrected chi connectivity index (χ0v) is 13.6. The summed E-state index contributed by atoms with van der Waals surface area (Å²) in [6, 6.07) is 10.4. The van der Waals surface area contributed by atoms with E-state index in [1.54, 1.807) is 12.0 Å². The molecule has 2 saturated heterocycles. The number of amides is 2. The number of carbonyl (C=O) groups excluding carboxylic acids is 2. The van der Waals surface area contributed by atoms with Crippen LogP contribution in [0.1, 0.15) is 30.9 Å². The van der Waals surface area contributed by atoms with Crippen LogP contribution in [0.15, 0.2) is 30.3 Å². The highest BCUT2D eigenvalue weighted by atomic mass is 16.5. The molecule has 5 heteroatoms. The Morgan fingerprint density at radius 1 is 1.30 bits per heavy atom. The molecular weight excluding hydrogens is 292 g/mol. The van der Waals surface area contributed by atoms with E-state index in [9.17, 15) is 9.59 Å². The summed E-state index contributed by atoms with van der Waals surface area (Å²) in [5.74, 6) is -0.0100. The first-order chi connectivity index (χ1) is 11.2. The summed E-state index contributed by atoms with van der Waals surface area (Å²) >= 11 is 0. The predicted molar refractivity (Wildman–Crippen MR) is 86.7 cm³/mol. The van der Waals surface area contributed by atoms with Crippen LogP contribution < -0.4 is 0 Å². The molecule has 0 aliphatic carbocycles. The molecule has 3 rings (SSSR count). The standard InChI is InChI=1S/C18H24N2O3/c1-23-11-10-19-13-15(12-17(19)21)18(22)20-9-5-8-16(20)14-6-3-2-4-7-14/h2-4,6-7,15-16H,5,8-13H2,1H3/t15-,16+/m1/s1.